The molecule has 110 valence electrons. The van der Waals surface area contributed by atoms with Crippen LogP contribution in [0.25, 0.3) is 0 Å². The Balaban J connectivity index is 1.79. The van der Waals surface area contributed by atoms with Gasteiger partial charge in [-0.05, 0) is 17.5 Å². The predicted molar refractivity (Wildman–Crippen MR) is 82.3 cm³/mol. The summed E-state index contributed by atoms with van der Waals surface area (Å²) in [5, 5.41) is 18.2. The molecular weight excluding hydrogens is 288 g/mol. The second-order valence-electron chi connectivity index (χ2n) is 4.38. The number of carbonyl (C=O) groups excluding carboxylic acids is 2. The molecule has 2 amide bonds. The van der Waals surface area contributed by atoms with E-state index in [1.807, 2.05) is 5.38 Å². The number of hydrogen-bond donors (Lipinski definition) is 3. The van der Waals surface area contributed by atoms with Crippen molar-refractivity contribution < 1.29 is 14.7 Å². The SMILES string of the molecule is O=C(CCNC(=O)c1ccsc1)Nc1ccccc1CO. The van der Waals surface area contributed by atoms with Crippen LogP contribution < -0.4 is 10.6 Å². The summed E-state index contributed by atoms with van der Waals surface area (Å²) in [6.07, 6.45) is 0.176. The molecule has 1 aromatic heterocycles. The first kappa shape index (κ1) is 15.2. The predicted octanol–water partition coefficient (Wildman–Crippen LogP) is 2.00. The Kier molecular flexibility index (Phi) is 5.48. The second kappa shape index (κ2) is 7.56. The zero-order chi connectivity index (χ0) is 15.1. The molecule has 0 spiro atoms. The van der Waals surface area contributed by atoms with E-state index < -0.39 is 0 Å². The van der Waals surface area contributed by atoms with E-state index in [-0.39, 0.29) is 31.4 Å². The monoisotopic (exact) mass is 304 g/mol. The Bertz CT molecular complexity index is 611. The van der Waals surface area contributed by atoms with Crippen LogP contribution in [0.5, 0.6) is 0 Å². The van der Waals surface area contributed by atoms with Crippen molar-refractivity contribution in [1.29, 1.82) is 0 Å². The quantitative estimate of drug-likeness (QED) is 0.764. The topological polar surface area (TPSA) is 78.4 Å². The number of para-hydroxylation sites is 1. The van der Waals surface area contributed by atoms with Gasteiger partial charge in [-0.2, -0.15) is 11.3 Å². The molecule has 21 heavy (non-hydrogen) atoms. The normalized spacial score (nSPS) is 10.1. The highest BCUT2D eigenvalue weighted by Gasteiger charge is 2.08. The number of aliphatic hydroxyl groups is 1. The standard InChI is InChI=1S/C15H16N2O3S/c18-9-11-3-1-2-4-13(11)17-14(19)5-7-16-15(20)12-6-8-21-10-12/h1-4,6,8,10,18H,5,7,9H2,(H,16,20)(H,17,19). The van der Waals surface area contributed by atoms with Crippen molar-refractivity contribution in [2.24, 2.45) is 0 Å². The third-order valence-corrected chi connectivity index (χ3v) is 3.57. The lowest BCUT2D eigenvalue weighted by Crippen LogP contribution is -2.27. The van der Waals surface area contributed by atoms with Crippen LogP contribution in [0.4, 0.5) is 5.69 Å². The van der Waals surface area contributed by atoms with Crippen molar-refractivity contribution in [3.63, 3.8) is 0 Å². The van der Waals surface area contributed by atoms with Crippen LogP contribution in [0.2, 0.25) is 0 Å². The molecule has 0 aliphatic carbocycles. The minimum Gasteiger partial charge on any atom is -0.392 e. The van der Waals surface area contributed by atoms with E-state index in [1.54, 1.807) is 35.7 Å². The molecule has 0 bridgehead atoms. The maximum atomic E-state index is 11.8. The van der Waals surface area contributed by atoms with Crippen LogP contribution in [-0.4, -0.2) is 23.5 Å². The first-order chi connectivity index (χ1) is 10.2. The molecule has 0 fully saturated rings. The molecule has 0 atom stereocenters. The summed E-state index contributed by atoms with van der Waals surface area (Å²) in [6.45, 7) is 0.132. The fourth-order valence-electron chi connectivity index (χ4n) is 1.78. The largest absolute Gasteiger partial charge is 0.392 e. The molecule has 0 aliphatic rings. The zero-order valence-corrected chi connectivity index (χ0v) is 12.2. The van der Waals surface area contributed by atoms with Gasteiger partial charge in [0.15, 0.2) is 0 Å². The summed E-state index contributed by atoms with van der Waals surface area (Å²) >= 11 is 1.45. The lowest BCUT2D eigenvalue weighted by Gasteiger charge is -2.09. The average molecular weight is 304 g/mol. The molecule has 3 N–H and O–H groups in total. The van der Waals surface area contributed by atoms with E-state index in [0.717, 1.165) is 0 Å². The summed E-state index contributed by atoms with van der Waals surface area (Å²) < 4.78 is 0. The van der Waals surface area contributed by atoms with Crippen LogP contribution in [0.1, 0.15) is 22.3 Å². The molecule has 1 heterocycles. The Morgan fingerprint density at radius 1 is 1.19 bits per heavy atom. The van der Waals surface area contributed by atoms with Crippen molar-refractivity contribution in [2.75, 3.05) is 11.9 Å². The van der Waals surface area contributed by atoms with Gasteiger partial charge in [-0.25, -0.2) is 0 Å². The van der Waals surface area contributed by atoms with E-state index in [2.05, 4.69) is 10.6 Å². The molecule has 6 heteroatoms. The number of nitrogens with one attached hydrogen (secondary N) is 2. The maximum Gasteiger partial charge on any atom is 0.252 e. The van der Waals surface area contributed by atoms with Crippen LogP contribution in [0.15, 0.2) is 41.1 Å². The minimum atomic E-state index is -0.207. The van der Waals surface area contributed by atoms with Gasteiger partial charge < -0.3 is 15.7 Å². The number of amides is 2. The number of thiophene rings is 1. The molecular formula is C15H16N2O3S. The fourth-order valence-corrected chi connectivity index (χ4v) is 2.41. The smallest absolute Gasteiger partial charge is 0.252 e. The number of anilines is 1. The first-order valence-corrected chi connectivity index (χ1v) is 7.44. The van der Waals surface area contributed by atoms with Gasteiger partial charge in [0, 0.05) is 35.2 Å². The first-order valence-electron chi connectivity index (χ1n) is 6.49. The summed E-state index contributed by atoms with van der Waals surface area (Å²) in [6, 6.07) is 8.79. The number of carbonyl (C=O) groups is 2. The van der Waals surface area contributed by atoms with Crippen molar-refractivity contribution in [3.8, 4) is 0 Å². The van der Waals surface area contributed by atoms with Gasteiger partial charge in [0.2, 0.25) is 5.91 Å². The molecule has 5 nitrogen and oxygen atoms in total. The highest BCUT2D eigenvalue weighted by Crippen LogP contribution is 2.14. The second-order valence-corrected chi connectivity index (χ2v) is 5.16. The van der Waals surface area contributed by atoms with Gasteiger partial charge in [-0.1, -0.05) is 18.2 Å². The van der Waals surface area contributed by atoms with Gasteiger partial charge in [0.25, 0.3) is 5.91 Å². The van der Waals surface area contributed by atoms with Crippen LogP contribution in [0.3, 0.4) is 0 Å². The van der Waals surface area contributed by atoms with Crippen LogP contribution in [0, 0.1) is 0 Å². The Hall–Kier alpha value is -2.18. The Morgan fingerprint density at radius 3 is 2.71 bits per heavy atom. The van der Waals surface area contributed by atoms with Gasteiger partial charge in [0.05, 0.1) is 6.61 Å². The molecule has 1 aromatic carbocycles. The van der Waals surface area contributed by atoms with Crippen molar-refractivity contribution in [3.05, 3.63) is 52.2 Å². The van der Waals surface area contributed by atoms with E-state index >= 15 is 0 Å². The van der Waals surface area contributed by atoms with Crippen molar-refractivity contribution in [2.45, 2.75) is 13.0 Å². The van der Waals surface area contributed by atoms with Crippen molar-refractivity contribution >= 4 is 28.8 Å². The number of benzene rings is 1. The Morgan fingerprint density at radius 2 is 2.00 bits per heavy atom. The lowest BCUT2D eigenvalue weighted by atomic mass is 10.2. The average Bonchev–Trinajstić information content (AvgIpc) is 3.02. The van der Waals surface area contributed by atoms with Gasteiger partial charge in [-0.3, -0.25) is 9.59 Å². The fraction of sp³-hybridized carbons (Fsp3) is 0.200. The molecule has 2 aromatic rings. The summed E-state index contributed by atoms with van der Waals surface area (Å²) in [7, 11) is 0. The molecule has 0 aliphatic heterocycles. The number of hydrogen-bond acceptors (Lipinski definition) is 4. The van der Waals surface area contributed by atoms with Gasteiger partial charge in [-0.15, -0.1) is 0 Å². The number of rotatable bonds is 6. The van der Waals surface area contributed by atoms with E-state index in [4.69, 9.17) is 0 Å². The van der Waals surface area contributed by atoms with E-state index in [9.17, 15) is 14.7 Å². The van der Waals surface area contributed by atoms with Crippen LogP contribution >= 0.6 is 11.3 Å². The van der Waals surface area contributed by atoms with Crippen LogP contribution in [-0.2, 0) is 11.4 Å². The zero-order valence-electron chi connectivity index (χ0n) is 11.3. The van der Waals surface area contributed by atoms with Gasteiger partial charge >= 0.3 is 0 Å². The number of aliphatic hydroxyl groups excluding tert-OH is 1. The van der Waals surface area contributed by atoms with Gasteiger partial charge in [0.1, 0.15) is 0 Å². The molecule has 0 saturated carbocycles. The molecule has 2 rings (SSSR count). The van der Waals surface area contributed by atoms with E-state index in [1.165, 1.54) is 11.3 Å². The molecule has 0 radical (unpaired) electrons. The highest BCUT2D eigenvalue weighted by molar-refractivity contribution is 7.08. The van der Waals surface area contributed by atoms with E-state index in [0.29, 0.717) is 16.8 Å². The maximum absolute atomic E-state index is 11.8. The minimum absolute atomic E-state index is 0.134. The van der Waals surface area contributed by atoms with Crippen molar-refractivity contribution in [1.82, 2.24) is 5.32 Å². The summed E-state index contributed by atoms with van der Waals surface area (Å²) in [5.41, 5.74) is 1.85. The highest BCUT2D eigenvalue weighted by atomic mass is 32.1. The molecule has 0 unspecified atom stereocenters. The Labute approximate surface area is 126 Å². The third-order valence-electron chi connectivity index (χ3n) is 2.88. The summed E-state index contributed by atoms with van der Waals surface area (Å²) in [4.78, 5) is 23.5. The summed E-state index contributed by atoms with van der Waals surface area (Å²) in [5.74, 6) is -0.388. The molecule has 0 saturated heterocycles. The third kappa shape index (κ3) is 4.40. The lowest BCUT2D eigenvalue weighted by molar-refractivity contribution is -0.116.